The van der Waals surface area contributed by atoms with E-state index in [0.29, 0.717) is 6.29 Å². The van der Waals surface area contributed by atoms with Gasteiger partial charge in [-0.2, -0.15) is 0 Å². The van der Waals surface area contributed by atoms with E-state index in [1.807, 2.05) is 0 Å². The molecule has 1 aromatic carbocycles. The lowest BCUT2D eigenvalue weighted by Crippen LogP contribution is -2.24. The van der Waals surface area contributed by atoms with Crippen molar-refractivity contribution in [3.63, 3.8) is 0 Å². The normalized spacial score (nSPS) is 9.81. The summed E-state index contributed by atoms with van der Waals surface area (Å²) in [6.45, 7) is 0.195. The molecule has 0 unspecified atom stereocenters. The van der Waals surface area contributed by atoms with E-state index >= 15 is 0 Å². The number of rotatable bonds is 4. The van der Waals surface area contributed by atoms with Crippen LogP contribution in [-0.2, 0) is 4.79 Å². The summed E-state index contributed by atoms with van der Waals surface area (Å²) in [7, 11) is 0. The summed E-state index contributed by atoms with van der Waals surface area (Å²) in [6, 6.07) is 2.45. The first-order chi connectivity index (χ1) is 7.57. The van der Waals surface area contributed by atoms with Crippen molar-refractivity contribution in [2.45, 2.75) is 6.42 Å². The first-order valence-electron chi connectivity index (χ1n) is 4.50. The van der Waals surface area contributed by atoms with E-state index in [4.69, 9.17) is 16.7 Å². The number of carbonyl (C=O) groups is 2. The number of halogens is 1. The van der Waals surface area contributed by atoms with Gasteiger partial charge in [-0.3, -0.25) is 4.79 Å². The second kappa shape index (κ2) is 5.37. The molecule has 0 atom stereocenters. The lowest BCUT2D eigenvalue weighted by molar-refractivity contribution is -0.107. The van der Waals surface area contributed by atoms with Crippen molar-refractivity contribution in [1.29, 1.82) is 0 Å². The highest BCUT2D eigenvalue weighted by atomic mass is 35.5. The Morgan fingerprint density at radius 2 is 2.12 bits per heavy atom. The summed E-state index contributed by atoms with van der Waals surface area (Å²) in [5.41, 5.74) is 0.0443. The standard InChI is InChI=1S/C10H10ClNO4/c11-8-6(2-3-7(14)9(8)15)10(16)12-4-1-5-13/h2-3,5,14-15H,1,4H2,(H,12,16). The molecule has 0 radical (unpaired) electrons. The third-order valence-electron chi connectivity index (χ3n) is 1.89. The number of nitrogens with one attached hydrogen (secondary N) is 1. The van der Waals surface area contributed by atoms with Crippen LogP contribution >= 0.6 is 11.6 Å². The Labute approximate surface area is 96.7 Å². The average molecular weight is 244 g/mol. The van der Waals surface area contributed by atoms with Crippen molar-refractivity contribution in [2.24, 2.45) is 0 Å². The van der Waals surface area contributed by atoms with Gasteiger partial charge in [0.2, 0.25) is 0 Å². The second-order valence-corrected chi connectivity index (χ2v) is 3.38. The van der Waals surface area contributed by atoms with E-state index < -0.39 is 17.4 Å². The van der Waals surface area contributed by atoms with E-state index in [1.54, 1.807) is 0 Å². The number of aldehydes is 1. The molecule has 0 fully saturated rings. The summed E-state index contributed by atoms with van der Waals surface area (Å²) in [6.07, 6.45) is 0.879. The molecular formula is C10H10ClNO4. The largest absolute Gasteiger partial charge is 0.504 e. The number of aromatic hydroxyl groups is 2. The topological polar surface area (TPSA) is 86.6 Å². The second-order valence-electron chi connectivity index (χ2n) is 3.01. The molecule has 0 bridgehead atoms. The van der Waals surface area contributed by atoms with E-state index in [2.05, 4.69) is 5.32 Å². The number of phenolic OH excluding ortho intramolecular Hbond substituents is 2. The fourth-order valence-corrected chi connectivity index (χ4v) is 1.32. The third-order valence-corrected chi connectivity index (χ3v) is 2.27. The number of carbonyl (C=O) groups excluding carboxylic acids is 2. The Kier molecular flexibility index (Phi) is 4.13. The first-order valence-corrected chi connectivity index (χ1v) is 4.88. The van der Waals surface area contributed by atoms with Crippen molar-refractivity contribution in [1.82, 2.24) is 5.32 Å². The molecule has 86 valence electrons. The Morgan fingerprint density at radius 1 is 1.44 bits per heavy atom. The average Bonchev–Trinajstić information content (AvgIpc) is 2.26. The summed E-state index contributed by atoms with van der Waals surface area (Å²) < 4.78 is 0. The highest BCUT2D eigenvalue weighted by molar-refractivity contribution is 6.35. The molecule has 1 amide bonds. The monoisotopic (exact) mass is 243 g/mol. The number of benzene rings is 1. The predicted molar refractivity (Wildman–Crippen MR) is 57.8 cm³/mol. The molecule has 6 heteroatoms. The molecule has 0 aliphatic rings. The molecule has 3 N–H and O–H groups in total. The zero-order valence-electron chi connectivity index (χ0n) is 8.24. The van der Waals surface area contributed by atoms with Crippen LogP contribution in [0.2, 0.25) is 5.02 Å². The van der Waals surface area contributed by atoms with Gasteiger partial charge in [-0.05, 0) is 12.1 Å². The van der Waals surface area contributed by atoms with Crippen LogP contribution in [-0.4, -0.2) is 29.0 Å². The van der Waals surface area contributed by atoms with Gasteiger partial charge < -0.3 is 20.3 Å². The first kappa shape index (κ1) is 12.3. The minimum absolute atomic E-state index is 0.0443. The van der Waals surface area contributed by atoms with Gasteiger partial charge in [0.25, 0.3) is 5.91 Å². The minimum Gasteiger partial charge on any atom is -0.504 e. The minimum atomic E-state index is -0.537. The van der Waals surface area contributed by atoms with E-state index in [-0.39, 0.29) is 23.6 Å². The number of phenols is 2. The summed E-state index contributed by atoms with van der Waals surface area (Å²) in [5, 5.41) is 20.6. The van der Waals surface area contributed by atoms with Crippen LogP contribution in [0.4, 0.5) is 0 Å². The van der Waals surface area contributed by atoms with Crippen molar-refractivity contribution >= 4 is 23.8 Å². The van der Waals surface area contributed by atoms with E-state index in [1.165, 1.54) is 6.07 Å². The molecule has 0 aliphatic carbocycles. The van der Waals surface area contributed by atoms with Crippen LogP contribution in [0.25, 0.3) is 0 Å². The van der Waals surface area contributed by atoms with Gasteiger partial charge in [0.1, 0.15) is 6.29 Å². The summed E-state index contributed by atoms with van der Waals surface area (Å²) in [5.74, 6) is -1.44. The Balaban J connectivity index is 2.84. The molecule has 0 heterocycles. The molecule has 0 aliphatic heterocycles. The fraction of sp³-hybridized carbons (Fsp3) is 0.200. The number of hydrogen-bond acceptors (Lipinski definition) is 4. The smallest absolute Gasteiger partial charge is 0.252 e. The fourth-order valence-electron chi connectivity index (χ4n) is 1.07. The maximum atomic E-state index is 11.5. The van der Waals surface area contributed by atoms with Crippen LogP contribution in [0.5, 0.6) is 11.5 Å². The van der Waals surface area contributed by atoms with Crippen molar-refractivity contribution in [3.05, 3.63) is 22.7 Å². The number of hydrogen-bond donors (Lipinski definition) is 3. The van der Waals surface area contributed by atoms with Crippen LogP contribution in [0.1, 0.15) is 16.8 Å². The SMILES string of the molecule is O=CCCNC(=O)c1ccc(O)c(O)c1Cl. The lowest BCUT2D eigenvalue weighted by atomic mass is 10.2. The van der Waals surface area contributed by atoms with E-state index in [9.17, 15) is 14.7 Å². The molecule has 1 aromatic rings. The molecule has 0 aromatic heterocycles. The maximum absolute atomic E-state index is 11.5. The van der Waals surface area contributed by atoms with Crippen molar-refractivity contribution < 1.29 is 19.8 Å². The summed E-state index contributed by atoms with van der Waals surface area (Å²) in [4.78, 5) is 21.5. The van der Waals surface area contributed by atoms with E-state index in [0.717, 1.165) is 6.07 Å². The molecule has 0 saturated heterocycles. The molecular weight excluding hydrogens is 234 g/mol. The van der Waals surface area contributed by atoms with Gasteiger partial charge in [-0.25, -0.2) is 0 Å². The molecule has 0 spiro atoms. The van der Waals surface area contributed by atoms with Gasteiger partial charge in [0.05, 0.1) is 10.6 Å². The third kappa shape index (κ3) is 2.64. The lowest BCUT2D eigenvalue weighted by Gasteiger charge is -2.07. The van der Waals surface area contributed by atoms with Gasteiger partial charge in [-0.1, -0.05) is 11.6 Å². The number of amides is 1. The Morgan fingerprint density at radius 3 is 2.75 bits per heavy atom. The highest BCUT2D eigenvalue weighted by Gasteiger charge is 2.15. The molecule has 16 heavy (non-hydrogen) atoms. The summed E-state index contributed by atoms with van der Waals surface area (Å²) >= 11 is 5.67. The van der Waals surface area contributed by atoms with Gasteiger partial charge in [0.15, 0.2) is 11.5 Å². The van der Waals surface area contributed by atoms with Crippen LogP contribution in [0, 0.1) is 0 Å². The zero-order chi connectivity index (χ0) is 12.1. The van der Waals surface area contributed by atoms with Gasteiger partial charge in [-0.15, -0.1) is 0 Å². The van der Waals surface area contributed by atoms with Crippen molar-refractivity contribution in [2.75, 3.05) is 6.54 Å². The Hall–Kier alpha value is -1.75. The predicted octanol–water partition coefficient (Wildman–Crippen LogP) is 1.07. The van der Waals surface area contributed by atoms with Gasteiger partial charge in [0, 0.05) is 13.0 Å². The Bertz CT molecular complexity index is 420. The maximum Gasteiger partial charge on any atom is 0.252 e. The van der Waals surface area contributed by atoms with Gasteiger partial charge >= 0.3 is 0 Å². The molecule has 0 saturated carbocycles. The van der Waals surface area contributed by atoms with Crippen LogP contribution in [0.15, 0.2) is 12.1 Å². The van der Waals surface area contributed by atoms with Crippen LogP contribution < -0.4 is 5.32 Å². The highest BCUT2D eigenvalue weighted by Crippen LogP contribution is 2.35. The zero-order valence-corrected chi connectivity index (χ0v) is 8.99. The quantitative estimate of drug-likeness (QED) is 0.419. The van der Waals surface area contributed by atoms with Crippen molar-refractivity contribution in [3.8, 4) is 11.5 Å². The molecule has 1 rings (SSSR count). The van der Waals surface area contributed by atoms with Crippen LogP contribution in [0.3, 0.4) is 0 Å². The molecule has 5 nitrogen and oxygen atoms in total.